The van der Waals surface area contributed by atoms with E-state index in [9.17, 15) is 4.79 Å². The monoisotopic (exact) mass is 352 g/mol. The molecule has 1 amide bonds. The van der Waals surface area contributed by atoms with Crippen LogP contribution in [0.25, 0.3) is 6.08 Å². The van der Waals surface area contributed by atoms with Crippen molar-refractivity contribution in [3.05, 3.63) is 63.6 Å². The number of hydrogen-bond acceptors (Lipinski definition) is 4. The lowest BCUT2D eigenvalue weighted by molar-refractivity contribution is -0.115. The van der Waals surface area contributed by atoms with E-state index in [-0.39, 0.29) is 5.91 Å². The fraction of sp³-hybridized carbons (Fsp3) is 0.200. The molecule has 0 bridgehead atoms. The van der Waals surface area contributed by atoms with Crippen molar-refractivity contribution in [3.8, 4) is 5.75 Å². The van der Waals surface area contributed by atoms with E-state index in [1.165, 1.54) is 22.9 Å². The second kappa shape index (κ2) is 7.15. The van der Waals surface area contributed by atoms with Crippen LogP contribution in [0.1, 0.15) is 22.3 Å². The molecule has 1 saturated heterocycles. The zero-order valence-corrected chi connectivity index (χ0v) is 15.5. The van der Waals surface area contributed by atoms with Gasteiger partial charge in [0.15, 0.2) is 5.17 Å². The normalized spacial score (nSPS) is 17.2. The molecule has 3 rings (SSSR count). The lowest BCUT2D eigenvalue weighted by Crippen LogP contribution is -2.19. The number of hydrogen-bond donors (Lipinski definition) is 1. The van der Waals surface area contributed by atoms with Gasteiger partial charge in [0, 0.05) is 0 Å². The third-order valence-corrected chi connectivity index (χ3v) is 5.04. The lowest BCUT2D eigenvalue weighted by atomic mass is 10.0. The standard InChI is InChI=1S/C20H20N2O2S/c1-12-9-14(3)15(10-13(12)2)11-18-19(23)22-20(25-18)21-16-7-5-6-8-17(16)24-4/h5-11H,1-4H3,(H,21,22,23)/b18-11-. The van der Waals surface area contributed by atoms with Crippen molar-refractivity contribution in [2.75, 3.05) is 7.11 Å². The number of aryl methyl sites for hydroxylation is 3. The van der Waals surface area contributed by atoms with Crippen molar-refractivity contribution in [2.45, 2.75) is 20.8 Å². The molecule has 0 unspecified atom stereocenters. The molecule has 5 heteroatoms. The molecule has 0 saturated carbocycles. The number of methoxy groups -OCH3 is 1. The number of amides is 1. The lowest BCUT2D eigenvalue weighted by Gasteiger charge is -2.06. The Morgan fingerprint density at radius 1 is 1.08 bits per heavy atom. The molecule has 0 aromatic heterocycles. The van der Waals surface area contributed by atoms with Gasteiger partial charge in [0.2, 0.25) is 0 Å². The third kappa shape index (κ3) is 3.77. The number of nitrogens with one attached hydrogen (secondary N) is 1. The predicted octanol–water partition coefficient (Wildman–Crippen LogP) is 4.51. The van der Waals surface area contributed by atoms with Crippen molar-refractivity contribution < 1.29 is 9.53 Å². The first-order valence-electron chi connectivity index (χ1n) is 7.98. The van der Waals surface area contributed by atoms with Crippen LogP contribution < -0.4 is 10.1 Å². The number of benzene rings is 2. The van der Waals surface area contributed by atoms with Gasteiger partial charge in [0.05, 0.1) is 12.0 Å². The maximum Gasteiger partial charge on any atom is 0.264 e. The second-order valence-corrected chi connectivity index (χ2v) is 6.98. The SMILES string of the molecule is COc1ccccc1N=C1NC(=O)/C(=C/c2cc(C)c(C)cc2C)S1. The van der Waals surface area contributed by atoms with Crippen LogP contribution in [0.2, 0.25) is 0 Å². The summed E-state index contributed by atoms with van der Waals surface area (Å²) in [6, 6.07) is 11.7. The van der Waals surface area contributed by atoms with Crippen LogP contribution >= 0.6 is 11.8 Å². The summed E-state index contributed by atoms with van der Waals surface area (Å²) >= 11 is 1.34. The first-order chi connectivity index (χ1) is 12.0. The van der Waals surface area contributed by atoms with Gasteiger partial charge in [-0.15, -0.1) is 0 Å². The van der Waals surface area contributed by atoms with Gasteiger partial charge in [-0.1, -0.05) is 24.3 Å². The number of amidine groups is 1. The van der Waals surface area contributed by atoms with E-state index in [0.29, 0.717) is 21.5 Å². The first kappa shape index (κ1) is 17.3. The fourth-order valence-corrected chi connectivity index (χ4v) is 3.42. The molecule has 2 aromatic rings. The van der Waals surface area contributed by atoms with Crippen LogP contribution in [0, 0.1) is 20.8 Å². The van der Waals surface area contributed by atoms with Gasteiger partial charge in [-0.05, 0) is 73.0 Å². The van der Waals surface area contributed by atoms with Gasteiger partial charge in [-0.25, -0.2) is 4.99 Å². The van der Waals surface area contributed by atoms with Gasteiger partial charge in [0.25, 0.3) is 5.91 Å². The van der Waals surface area contributed by atoms with Gasteiger partial charge >= 0.3 is 0 Å². The van der Waals surface area contributed by atoms with Crippen LogP contribution in [0.3, 0.4) is 0 Å². The van der Waals surface area contributed by atoms with Gasteiger partial charge in [-0.3, -0.25) is 4.79 Å². The highest BCUT2D eigenvalue weighted by atomic mass is 32.2. The number of carbonyl (C=O) groups excluding carboxylic acids is 1. The van der Waals surface area contributed by atoms with Crippen LogP contribution in [0.5, 0.6) is 5.75 Å². The third-order valence-electron chi connectivity index (χ3n) is 4.13. The smallest absolute Gasteiger partial charge is 0.264 e. The molecule has 0 spiro atoms. The maximum atomic E-state index is 12.3. The van der Waals surface area contributed by atoms with Crippen LogP contribution in [-0.2, 0) is 4.79 Å². The minimum Gasteiger partial charge on any atom is -0.494 e. The average Bonchev–Trinajstić information content (AvgIpc) is 2.92. The molecule has 1 aliphatic heterocycles. The minimum absolute atomic E-state index is 0.128. The highest BCUT2D eigenvalue weighted by molar-refractivity contribution is 8.18. The van der Waals surface area contributed by atoms with E-state index >= 15 is 0 Å². The summed E-state index contributed by atoms with van der Waals surface area (Å²) in [4.78, 5) is 17.4. The summed E-state index contributed by atoms with van der Waals surface area (Å²) < 4.78 is 5.30. The molecule has 1 heterocycles. The molecule has 0 atom stereocenters. The number of nitrogens with zero attached hydrogens (tertiary/aromatic N) is 1. The van der Waals surface area contributed by atoms with Gasteiger partial charge in [-0.2, -0.15) is 0 Å². The quantitative estimate of drug-likeness (QED) is 0.827. The molecule has 25 heavy (non-hydrogen) atoms. The summed E-state index contributed by atoms with van der Waals surface area (Å²) in [6.45, 7) is 6.22. The Morgan fingerprint density at radius 3 is 2.56 bits per heavy atom. The molecular formula is C20H20N2O2S. The Labute approximate surface area is 152 Å². The Balaban J connectivity index is 1.90. The van der Waals surface area contributed by atoms with Crippen molar-refractivity contribution in [1.29, 1.82) is 0 Å². The Bertz CT molecular complexity index is 901. The molecule has 1 fully saturated rings. The zero-order chi connectivity index (χ0) is 18.0. The van der Waals surface area contributed by atoms with Gasteiger partial charge < -0.3 is 10.1 Å². The van der Waals surface area contributed by atoms with E-state index in [0.717, 1.165) is 11.1 Å². The van der Waals surface area contributed by atoms with Crippen LogP contribution in [0.15, 0.2) is 46.3 Å². The molecule has 128 valence electrons. The van der Waals surface area contributed by atoms with E-state index in [1.54, 1.807) is 7.11 Å². The first-order valence-corrected chi connectivity index (χ1v) is 8.80. The zero-order valence-electron chi connectivity index (χ0n) is 14.7. The van der Waals surface area contributed by atoms with E-state index in [1.807, 2.05) is 30.3 Å². The Hall–Kier alpha value is -2.53. The van der Waals surface area contributed by atoms with Crippen LogP contribution in [-0.4, -0.2) is 18.2 Å². The van der Waals surface area contributed by atoms with Crippen molar-refractivity contribution >= 4 is 34.6 Å². The van der Waals surface area contributed by atoms with Gasteiger partial charge in [0.1, 0.15) is 11.4 Å². The summed E-state index contributed by atoms with van der Waals surface area (Å²) in [7, 11) is 1.60. The summed E-state index contributed by atoms with van der Waals surface area (Å²) in [5, 5.41) is 3.38. The summed E-state index contributed by atoms with van der Waals surface area (Å²) in [5.74, 6) is 0.545. The number of para-hydroxylation sites is 2. The van der Waals surface area contributed by atoms with Crippen molar-refractivity contribution in [3.63, 3.8) is 0 Å². The van der Waals surface area contributed by atoms with E-state index < -0.39 is 0 Å². The number of carbonyl (C=O) groups is 1. The molecule has 1 N–H and O–H groups in total. The number of aliphatic imine (C=N–C) groups is 1. The summed E-state index contributed by atoms with van der Waals surface area (Å²) in [6.07, 6.45) is 1.92. The second-order valence-electron chi connectivity index (χ2n) is 5.95. The minimum atomic E-state index is -0.128. The molecule has 0 radical (unpaired) electrons. The highest BCUT2D eigenvalue weighted by Gasteiger charge is 2.24. The van der Waals surface area contributed by atoms with Crippen molar-refractivity contribution in [1.82, 2.24) is 5.32 Å². The molecule has 2 aromatic carbocycles. The molecule has 0 aliphatic carbocycles. The number of thioether (sulfide) groups is 1. The largest absolute Gasteiger partial charge is 0.494 e. The Morgan fingerprint density at radius 2 is 1.80 bits per heavy atom. The van der Waals surface area contributed by atoms with Crippen LogP contribution in [0.4, 0.5) is 5.69 Å². The predicted molar refractivity (Wildman–Crippen MR) is 104 cm³/mol. The Kier molecular flexibility index (Phi) is 4.95. The maximum absolute atomic E-state index is 12.3. The molecular weight excluding hydrogens is 332 g/mol. The molecule has 1 aliphatic rings. The topological polar surface area (TPSA) is 50.7 Å². The highest BCUT2D eigenvalue weighted by Crippen LogP contribution is 2.32. The average molecular weight is 352 g/mol. The van der Waals surface area contributed by atoms with E-state index in [2.05, 4.69) is 43.2 Å². The van der Waals surface area contributed by atoms with E-state index in [4.69, 9.17) is 4.74 Å². The number of ether oxygens (including phenoxy) is 1. The fourth-order valence-electron chi connectivity index (χ4n) is 2.59. The molecule has 4 nitrogen and oxygen atoms in total. The van der Waals surface area contributed by atoms with Crippen molar-refractivity contribution in [2.24, 2.45) is 4.99 Å². The summed E-state index contributed by atoms with van der Waals surface area (Å²) in [5.41, 5.74) is 5.36. The number of rotatable bonds is 3.